The Labute approximate surface area is 161 Å². The van der Waals surface area contributed by atoms with Crippen LogP contribution in [0.2, 0.25) is 0 Å². The molecule has 0 bridgehead atoms. The van der Waals surface area contributed by atoms with E-state index in [-0.39, 0.29) is 27.3 Å². The monoisotopic (exact) mass is 392 g/mol. The quantitative estimate of drug-likeness (QED) is 0.385. The number of non-ortho nitro benzene ring substituents is 1. The van der Waals surface area contributed by atoms with Crippen LogP contribution in [0.5, 0.6) is 0 Å². The highest BCUT2D eigenvalue weighted by Gasteiger charge is 2.12. The minimum Gasteiger partial charge on any atom is -0.266 e. The third-order valence-corrected chi connectivity index (χ3v) is 5.00. The third-order valence-electron chi connectivity index (χ3n) is 4.04. The Kier molecular flexibility index (Phi) is 4.50. The van der Waals surface area contributed by atoms with E-state index in [0.717, 1.165) is 21.4 Å². The SMILES string of the molecule is O=c1nc2s/c(=C/c3cccc([N+](=O)[O-])c3)c(=O)n2nc1Cc1ccccc1. The topological polar surface area (TPSA) is 107 Å². The number of nitro groups is 1. The number of thiazole rings is 1. The molecule has 0 fully saturated rings. The highest BCUT2D eigenvalue weighted by molar-refractivity contribution is 7.15. The van der Waals surface area contributed by atoms with Crippen molar-refractivity contribution in [2.24, 2.45) is 0 Å². The second-order valence-corrected chi connectivity index (χ2v) is 7.00. The number of fused-ring (bicyclic) bond motifs is 1. The molecule has 0 unspecified atom stereocenters. The first-order chi connectivity index (χ1) is 13.5. The Bertz CT molecular complexity index is 1360. The zero-order valence-electron chi connectivity index (χ0n) is 14.3. The number of benzene rings is 2. The summed E-state index contributed by atoms with van der Waals surface area (Å²) in [6.45, 7) is 0. The molecular weight excluding hydrogens is 380 g/mol. The van der Waals surface area contributed by atoms with E-state index in [9.17, 15) is 19.7 Å². The Hall–Kier alpha value is -3.72. The lowest BCUT2D eigenvalue weighted by Crippen LogP contribution is -2.28. The first-order valence-electron chi connectivity index (χ1n) is 8.24. The fraction of sp³-hybridized carbons (Fsp3) is 0.0526. The van der Waals surface area contributed by atoms with Crippen LogP contribution in [0.4, 0.5) is 5.69 Å². The van der Waals surface area contributed by atoms with Crippen LogP contribution in [0.3, 0.4) is 0 Å². The van der Waals surface area contributed by atoms with Crippen molar-refractivity contribution in [3.8, 4) is 0 Å². The van der Waals surface area contributed by atoms with Gasteiger partial charge < -0.3 is 0 Å². The summed E-state index contributed by atoms with van der Waals surface area (Å²) in [5.74, 6) is 0. The van der Waals surface area contributed by atoms with Crippen LogP contribution in [0.25, 0.3) is 11.0 Å². The van der Waals surface area contributed by atoms with Crippen molar-refractivity contribution < 1.29 is 4.92 Å². The van der Waals surface area contributed by atoms with Crippen LogP contribution in [-0.2, 0) is 6.42 Å². The molecule has 138 valence electrons. The molecule has 0 aliphatic rings. The van der Waals surface area contributed by atoms with E-state index in [4.69, 9.17) is 0 Å². The van der Waals surface area contributed by atoms with Crippen LogP contribution >= 0.6 is 11.3 Å². The molecule has 2 aromatic carbocycles. The maximum absolute atomic E-state index is 12.7. The van der Waals surface area contributed by atoms with Crippen molar-refractivity contribution in [3.63, 3.8) is 0 Å². The summed E-state index contributed by atoms with van der Waals surface area (Å²) >= 11 is 1.01. The van der Waals surface area contributed by atoms with Gasteiger partial charge in [0, 0.05) is 18.6 Å². The molecule has 9 heteroatoms. The van der Waals surface area contributed by atoms with Crippen LogP contribution in [0.1, 0.15) is 16.8 Å². The smallest absolute Gasteiger partial charge is 0.266 e. The minimum atomic E-state index is -0.502. The molecule has 4 rings (SSSR count). The minimum absolute atomic E-state index is 0.0711. The molecule has 0 N–H and O–H groups in total. The summed E-state index contributed by atoms with van der Waals surface area (Å²) < 4.78 is 1.39. The number of nitrogens with zero attached hydrogens (tertiary/aromatic N) is 4. The molecule has 28 heavy (non-hydrogen) atoms. The fourth-order valence-corrected chi connectivity index (χ4v) is 3.62. The van der Waals surface area contributed by atoms with Crippen LogP contribution < -0.4 is 15.7 Å². The second-order valence-electron chi connectivity index (χ2n) is 5.99. The number of hydrogen-bond acceptors (Lipinski definition) is 7. The molecule has 4 aromatic rings. The molecule has 0 saturated heterocycles. The molecule has 0 saturated carbocycles. The maximum Gasteiger partial charge on any atom is 0.296 e. The third kappa shape index (κ3) is 3.42. The summed E-state index contributed by atoms with van der Waals surface area (Å²) in [5.41, 5.74) is 0.601. The summed E-state index contributed by atoms with van der Waals surface area (Å²) in [6, 6.07) is 15.2. The van der Waals surface area contributed by atoms with Gasteiger partial charge in [-0.1, -0.05) is 53.8 Å². The standard InChI is InChI=1S/C19H12N4O4S/c24-17-15(10-12-5-2-1-3-6-12)21-22-18(25)16(28-19(22)20-17)11-13-7-4-8-14(9-13)23(26)27/h1-9,11H,10H2/b16-11+. The highest BCUT2D eigenvalue weighted by atomic mass is 32.1. The summed E-state index contributed by atoms with van der Waals surface area (Å²) in [7, 11) is 0. The van der Waals surface area contributed by atoms with Crippen molar-refractivity contribution in [2.75, 3.05) is 0 Å². The molecule has 0 atom stereocenters. The Balaban J connectivity index is 1.81. The van der Waals surface area contributed by atoms with Gasteiger partial charge in [-0.15, -0.1) is 0 Å². The van der Waals surface area contributed by atoms with Crippen molar-refractivity contribution in [2.45, 2.75) is 6.42 Å². The average molecular weight is 392 g/mol. The second kappa shape index (κ2) is 7.12. The van der Waals surface area contributed by atoms with Gasteiger partial charge in [0.25, 0.3) is 16.8 Å². The van der Waals surface area contributed by atoms with Gasteiger partial charge in [0.2, 0.25) is 4.96 Å². The Morgan fingerprint density at radius 1 is 1.11 bits per heavy atom. The van der Waals surface area contributed by atoms with Crippen molar-refractivity contribution in [3.05, 3.63) is 107 Å². The normalized spacial score (nSPS) is 11.8. The van der Waals surface area contributed by atoms with Gasteiger partial charge in [-0.25, -0.2) is 0 Å². The van der Waals surface area contributed by atoms with Crippen molar-refractivity contribution in [1.82, 2.24) is 14.6 Å². The zero-order chi connectivity index (χ0) is 19.7. The van der Waals surface area contributed by atoms with E-state index in [1.54, 1.807) is 12.1 Å². The lowest BCUT2D eigenvalue weighted by atomic mass is 10.1. The summed E-state index contributed by atoms with van der Waals surface area (Å²) in [6.07, 6.45) is 1.80. The van der Waals surface area contributed by atoms with Crippen molar-refractivity contribution in [1.29, 1.82) is 0 Å². The van der Waals surface area contributed by atoms with Gasteiger partial charge in [-0.2, -0.15) is 14.6 Å². The maximum atomic E-state index is 12.7. The van der Waals surface area contributed by atoms with Crippen LogP contribution in [-0.4, -0.2) is 19.5 Å². The lowest BCUT2D eigenvalue weighted by Gasteiger charge is -1.99. The van der Waals surface area contributed by atoms with Crippen LogP contribution in [0.15, 0.2) is 64.2 Å². The molecule has 8 nitrogen and oxygen atoms in total. The number of hydrogen-bond donors (Lipinski definition) is 0. The van der Waals surface area contributed by atoms with E-state index < -0.39 is 16.0 Å². The molecule has 2 heterocycles. The molecule has 0 amide bonds. The van der Waals surface area contributed by atoms with Gasteiger partial charge in [-0.3, -0.25) is 19.7 Å². The van der Waals surface area contributed by atoms with E-state index in [0.29, 0.717) is 5.56 Å². The first kappa shape index (κ1) is 17.7. The molecular formula is C19H12N4O4S. The number of rotatable bonds is 4. The predicted octanol–water partition coefficient (Wildman–Crippen LogP) is 1.56. The lowest BCUT2D eigenvalue weighted by molar-refractivity contribution is -0.384. The van der Waals surface area contributed by atoms with Gasteiger partial charge in [0.15, 0.2) is 0 Å². The van der Waals surface area contributed by atoms with Gasteiger partial charge >= 0.3 is 0 Å². The van der Waals surface area contributed by atoms with E-state index in [1.165, 1.54) is 18.2 Å². The zero-order valence-corrected chi connectivity index (χ0v) is 15.1. The molecule has 0 spiro atoms. The van der Waals surface area contributed by atoms with Crippen LogP contribution in [0, 0.1) is 10.1 Å². The molecule has 0 aliphatic heterocycles. The van der Waals surface area contributed by atoms with Crippen molar-refractivity contribution >= 4 is 28.1 Å². The average Bonchev–Trinajstić information content (AvgIpc) is 2.98. The molecule has 2 aromatic heterocycles. The number of aromatic nitrogens is 3. The highest BCUT2D eigenvalue weighted by Crippen LogP contribution is 2.13. The molecule has 0 radical (unpaired) electrons. The first-order valence-corrected chi connectivity index (χ1v) is 9.06. The summed E-state index contributed by atoms with van der Waals surface area (Å²) in [5, 5.41) is 15.1. The van der Waals surface area contributed by atoms with E-state index >= 15 is 0 Å². The Morgan fingerprint density at radius 2 is 1.89 bits per heavy atom. The fourth-order valence-electron chi connectivity index (χ4n) is 2.72. The van der Waals surface area contributed by atoms with E-state index in [1.807, 2.05) is 30.3 Å². The number of nitro benzene ring substituents is 1. The molecule has 0 aliphatic carbocycles. The van der Waals surface area contributed by atoms with Gasteiger partial charge in [0.05, 0.1) is 9.46 Å². The van der Waals surface area contributed by atoms with Gasteiger partial charge in [0.1, 0.15) is 5.69 Å². The predicted molar refractivity (Wildman–Crippen MR) is 105 cm³/mol. The van der Waals surface area contributed by atoms with Gasteiger partial charge in [-0.05, 0) is 17.2 Å². The van der Waals surface area contributed by atoms with E-state index in [2.05, 4.69) is 10.1 Å². The largest absolute Gasteiger partial charge is 0.296 e. The summed E-state index contributed by atoms with van der Waals surface area (Å²) in [4.78, 5) is 39.5. The Morgan fingerprint density at radius 3 is 2.64 bits per heavy atom.